The van der Waals surface area contributed by atoms with Gasteiger partial charge in [0, 0.05) is 11.6 Å². The average Bonchev–Trinajstić information content (AvgIpc) is 2.89. The second kappa shape index (κ2) is 25.9. The van der Waals surface area contributed by atoms with Gasteiger partial charge in [0.05, 0.1) is 0 Å². The molecule has 2 N–H and O–H groups in total. The van der Waals surface area contributed by atoms with Crippen LogP contribution in [-0.4, -0.2) is 24.7 Å². The van der Waals surface area contributed by atoms with E-state index in [0.717, 1.165) is 0 Å². The largest absolute Gasteiger partial charge is 0.312 e. The standard InChI is InChI=1S/C36H76N2/c1-8-12-15-18-21-23-26-29-32-37-34(31-28-25-20-17-14-10-3)36(11-4,35(5,6)7)38-33-30-27-24-22-19-16-13-9-2/h34,37-38H,8-33H2,1-7H3. The molecule has 0 aliphatic heterocycles. The molecule has 0 amide bonds. The van der Waals surface area contributed by atoms with Gasteiger partial charge in [-0.1, -0.05) is 177 Å². The van der Waals surface area contributed by atoms with E-state index in [0.29, 0.717) is 6.04 Å². The van der Waals surface area contributed by atoms with E-state index in [1.54, 1.807) is 0 Å². The van der Waals surface area contributed by atoms with Crippen LogP contribution >= 0.6 is 0 Å². The number of hydrogen-bond donors (Lipinski definition) is 2. The van der Waals surface area contributed by atoms with E-state index >= 15 is 0 Å². The summed E-state index contributed by atoms with van der Waals surface area (Å²) in [6, 6.07) is 0.567. The number of unbranched alkanes of at least 4 members (excludes halogenated alkanes) is 19. The highest BCUT2D eigenvalue weighted by atomic mass is 15.1. The Morgan fingerprint density at radius 3 is 1.21 bits per heavy atom. The van der Waals surface area contributed by atoms with Gasteiger partial charge >= 0.3 is 0 Å². The van der Waals surface area contributed by atoms with Crippen molar-refractivity contribution < 1.29 is 0 Å². The zero-order valence-electron chi connectivity index (χ0n) is 28.0. The molecule has 0 saturated heterocycles. The van der Waals surface area contributed by atoms with Crippen molar-refractivity contribution in [2.45, 2.75) is 214 Å². The van der Waals surface area contributed by atoms with E-state index in [1.807, 2.05) is 0 Å². The van der Waals surface area contributed by atoms with Crippen molar-refractivity contribution in [2.75, 3.05) is 13.1 Å². The van der Waals surface area contributed by atoms with Crippen LogP contribution in [0.2, 0.25) is 0 Å². The summed E-state index contributed by atoms with van der Waals surface area (Å²) < 4.78 is 0. The number of nitrogens with one attached hydrogen (secondary N) is 2. The summed E-state index contributed by atoms with van der Waals surface area (Å²) >= 11 is 0. The van der Waals surface area contributed by atoms with Crippen LogP contribution in [0, 0.1) is 5.41 Å². The first-order valence-electron chi connectivity index (χ1n) is 17.9. The fraction of sp³-hybridized carbons (Fsp3) is 1.00. The molecule has 0 saturated carbocycles. The fourth-order valence-corrected chi connectivity index (χ4v) is 6.57. The molecule has 38 heavy (non-hydrogen) atoms. The summed E-state index contributed by atoms with van der Waals surface area (Å²) in [5, 5.41) is 8.36. The van der Waals surface area contributed by atoms with Crippen LogP contribution in [-0.2, 0) is 0 Å². The van der Waals surface area contributed by atoms with Gasteiger partial charge in [0.2, 0.25) is 0 Å². The maximum Gasteiger partial charge on any atom is 0.0381 e. The maximum absolute atomic E-state index is 4.21. The molecule has 230 valence electrons. The third kappa shape index (κ3) is 18.3. The molecule has 0 aromatic heterocycles. The highest BCUT2D eigenvalue weighted by Gasteiger charge is 2.45. The predicted octanol–water partition coefficient (Wildman–Crippen LogP) is 11.8. The topological polar surface area (TPSA) is 24.1 Å². The quantitative estimate of drug-likeness (QED) is 0.0929. The van der Waals surface area contributed by atoms with Crippen molar-refractivity contribution in [1.82, 2.24) is 10.6 Å². The Hall–Kier alpha value is -0.0800. The molecule has 0 heterocycles. The van der Waals surface area contributed by atoms with Crippen molar-refractivity contribution in [3.8, 4) is 0 Å². The first-order valence-corrected chi connectivity index (χ1v) is 17.9. The summed E-state index contributed by atoms with van der Waals surface area (Å²) in [5.74, 6) is 0. The lowest BCUT2D eigenvalue weighted by Gasteiger charge is -2.51. The van der Waals surface area contributed by atoms with Crippen LogP contribution in [0.4, 0.5) is 0 Å². The second-order valence-electron chi connectivity index (χ2n) is 13.5. The highest BCUT2D eigenvalue weighted by Crippen LogP contribution is 2.38. The second-order valence-corrected chi connectivity index (χ2v) is 13.5. The Bertz CT molecular complexity index is 468. The van der Waals surface area contributed by atoms with E-state index in [1.165, 1.54) is 167 Å². The first kappa shape index (κ1) is 37.9. The minimum atomic E-state index is 0.164. The number of hydrogen-bond acceptors (Lipinski definition) is 2. The fourth-order valence-electron chi connectivity index (χ4n) is 6.57. The van der Waals surface area contributed by atoms with E-state index in [4.69, 9.17) is 0 Å². The highest BCUT2D eigenvalue weighted by molar-refractivity contribution is 5.05. The lowest BCUT2D eigenvalue weighted by Crippen LogP contribution is -2.66. The van der Waals surface area contributed by atoms with Gasteiger partial charge in [0.1, 0.15) is 0 Å². The van der Waals surface area contributed by atoms with Gasteiger partial charge in [0.15, 0.2) is 0 Å². The van der Waals surface area contributed by atoms with Crippen molar-refractivity contribution in [3.63, 3.8) is 0 Å². The maximum atomic E-state index is 4.21. The van der Waals surface area contributed by atoms with E-state index in [2.05, 4.69) is 59.1 Å². The van der Waals surface area contributed by atoms with Crippen molar-refractivity contribution in [2.24, 2.45) is 5.41 Å². The monoisotopic (exact) mass is 537 g/mol. The van der Waals surface area contributed by atoms with Crippen LogP contribution in [0.25, 0.3) is 0 Å². The molecule has 0 bridgehead atoms. The van der Waals surface area contributed by atoms with Crippen LogP contribution < -0.4 is 10.6 Å². The molecule has 0 fully saturated rings. The minimum Gasteiger partial charge on any atom is -0.312 e. The Kier molecular flexibility index (Phi) is 25.8. The molecule has 0 aromatic rings. The summed E-state index contributed by atoms with van der Waals surface area (Å²) in [6.45, 7) is 19.2. The summed E-state index contributed by atoms with van der Waals surface area (Å²) in [5.41, 5.74) is 0.402. The summed E-state index contributed by atoms with van der Waals surface area (Å²) in [6.07, 6.45) is 33.3. The van der Waals surface area contributed by atoms with Crippen LogP contribution in [0.3, 0.4) is 0 Å². The van der Waals surface area contributed by atoms with Gasteiger partial charge < -0.3 is 10.6 Å². The van der Waals surface area contributed by atoms with Crippen molar-refractivity contribution in [1.29, 1.82) is 0 Å². The average molecular weight is 537 g/mol. The molecule has 0 aromatic carbocycles. The van der Waals surface area contributed by atoms with E-state index in [9.17, 15) is 0 Å². The predicted molar refractivity (Wildman–Crippen MR) is 175 cm³/mol. The molecule has 0 radical (unpaired) electrons. The number of rotatable bonds is 29. The first-order chi connectivity index (χ1) is 18.4. The van der Waals surface area contributed by atoms with Crippen LogP contribution in [0.1, 0.15) is 203 Å². The normalized spacial score (nSPS) is 14.6. The van der Waals surface area contributed by atoms with Crippen LogP contribution in [0.5, 0.6) is 0 Å². The molecule has 0 rings (SSSR count). The molecule has 2 atom stereocenters. The lowest BCUT2D eigenvalue weighted by atomic mass is 9.66. The van der Waals surface area contributed by atoms with Crippen molar-refractivity contribution in [3.05, 3.63) is 0 Å². The molecule has 2 unspecified atom stereocenters. The third-order valence-electron chi connectivity index (χ3n) is 9.23. The minimum absolute atomic E-state index is 0.164. The van der Waals surface area contributed by atoms with Gasteiger partial charge in [-0.15, -0.1) is 0 Å². The molecular formula is C36H76N2. The van der Waals surface area contributed by atoms with Gasteiger partial charge in [-0.25, -0.2) is 0 Å². The Labute approximate surface area is 243 Å². The Morgan fingerprint density at radius 1 is 0.447 bits per heavy atom. The van der Waals surface area contributed by atoms with Crippen LogP contribution in [0.15, 0.2) is 0 Å². The Morgan fingerprint density at radius 2 is 0.816 bits per heavy atom. The molecule has 0 aliphatic rings. The van der Waals surface area contributed by atoms with Gasteiger partial charge in [0.25, 0.3) is 0 Å². The SMILES string of the molecule is CCCCCCCCCCNC(CCCCCCCC)C(CC)(NCCCCCCCCCC)C(C)(C)C. The zero-order chi connectivity index (χ0) is 28.4. The molecule has 0 aliphatic carbocycles. The third-order valence-corrected chi connectivity index (χ3v) is 9.23. The smallest absolute Gasteiger partial charge is 0.0381 e. The lowest BCUT2D eigenvalue weighted by molar-refractivity contribution is 0.0760. The zero-order valence-corrected chi connectivity index (χ0v) is 28.0. The van der Waals surface area contributed by atoms with Gasteiger partial charge in [-0.3, -0.25) is 0 Å². The summed E-state index contributed by atoms with van der Waals surface area (Å²) in [7, 11) is 0. The Balaban J connectivity index is 4.89. The molecule has 0 spiro atoms. The van der Waals surface area contributed by atoms with Gasteiger partial charge in [-0.2, -0.15) is 0 Å². The molecular weight excluding hydrogens is 460 g/mol. The molecule has 2 nitrogen and oxygen atoms in total. The van der Waals surface area contributed by atoms with E-state index < -0.39 is 0 Å². The van der Waals surface area contributed by atoms with E-state index in [-0.39, 0.29) is 11.0 Å². The van der Waals surface area contributed by atoms with Gasteiger partial charge in [-0.05, 0) is 44.2 Å². The molecule has 2 heteroatoms. The summed E-state index contributed by atoms with van der Waals surface area (Å²) in [4.78, 5) is 0. The van der Waals surface area contributed by atoms with Crippen molar-refractivity contribution >= 4 is 0 Å².